The molecule has 2 aromatic rings. The second kappa shape index (κ2) is 50.1. The van der Waals surface area contributed by atoms with Crippen molar-refractivity contribution in [1.29, 1.82) is 5.41 Å². The van der Waals surface area contributed by atoms with Crippen LogP contribution in [0.5, 0.6) is 11.5 Å². The van der Waals surface area contributed by atoms with E-state index in [1.54, 1.807) is 0 Å². The Morgan fingerprint density at radius 3 is 1.16 bits per heavy atom. The molecule has 43 heteroatoms. The minimum Gasteiger partial charge on any atom is -0.508 e. The highest BCUT2D eigenvalue weighted by atomic mass is 32.1. The summed E-state index contributed by atoms with van der Waals surface area (Å²) in [5, 5.41) is 80.2. The molecule has 0 bridgehead atoms. The molecule has 616 valence electrons. The fourth-order valence-corrected chi connectivity index (χ4v) is 11.1. The van der Waals surface area contributed by atoms with Gasteiger partial charge in [0.05, 0.1) is 18.6 Å². The zero-order valence-electron chi connectivity index (χ0n) is 61.9. The maximum Gasteiger partial charge on any atom is 0.326 e. The molecule has 0 heterocycles. The molecule has 0 aliphatic rings. The molecule has 0 unspecified atom stereocenters. The molecule has 13 amide bonds. The summed E-state index contributed by atoms with van der Waals surface area (Å²) >= 11 is 8.79. The zero-order chi connectivity index (χ0) is 83.0. The van der Waals surface area contributed by atoms with Crippen LogP contribution in [0.2, 0.25) is 0 Å². The van der Waals surface area contributed by atoms with Crippen LogP contribution < -0.4 is 121 Å². The van der Waals surface area contributed by atoms with E-state index >= 15 is 0 Å². The van der Waals surface area contributed by atoms with Gasteiger partial charge in [-0.15, -0.1) is 0 Å². The molecule has 0 aromatic heterocycles. The molecule has 0 spiro atoms. The first-order chi connectivity index (χ1) is 51.9. The van der Waals surface area contributed by atoms with E-state index < -0.39 is 190 Å². The Balaban J connectivity index is 2.42. The minimum atomic E-state index is -1.91. The highest BCUT2D eigenvalue weighted by Crippen LogP contribution is 2.20. The van der Waals surface area contributed by atoms with Crippen molar-refractivity contribution in [2.45, 2.75) is 200 Å². The number of phenolic OH excluding ortho intramolecular Hbond substituents is 2. The number of carbonyl (C=O) groups is 14. The summed E-state index contributed by atoms with van der Waals surface area (Å²) in [5.41, 5.74) is 52.6. The lowest BCUT2D eigenvalue weighted by Crippen LogP contribution is -2.63. The van der Waals surface area contributed by atoms with Gasteiger partial charge in [-0.25, -0.2) is 4.79 Å². The molecule has 0 saturated heterocycles. The van der Waals surface area contributed by atoms with Gasteiger partial charge in [0, 0.05) is 29.9 Å². The Morgan fingerprint density at radius 2 is 0.773 bits per heavy atom. The number of carboxylic acid groups (broad SMARTS) is 1. The first kappa shape index (κ1) is 96.3. The number of carbonyl (C=O) groups excluding carboxylic acids is 13. The lowest BCUT2D eigenvalue weighted by molar-refractivity contribution is -0.142. The van der Waals surface area contributed by atoms with Crippen molar-refractivity contribution in [3.63, 3.8) is 0 Å². The maximum atomic E-state index is 14.4. The van der Waals surface area contributed by atoms with Crippen molar-refractivity contribution in [2.24, 2.45) is 51.6 Å². The molecule has 0 aliphatic carbocycles. The van der Waals surface area contributed by atoms with Crippen LogP contribution in [0.1, 0.15) is 109 Å². The molecule has 14 atom stereocenters. The Morgan fingerprint density at radius 1 is 0.427 bits per heavy atom. The summed E-state index contributed by atoms with van der Waals surface area (Å²) in [7, 11) is 0. The van der Waals surface area contributed by atoms with Crippen molar-refractivity contribution in [3.8, 4) is 11.5 Å². The summed E-state index contributed by atoms with van der Waals surface area (Å²) in [5.74, 6) is -15.7. The van der Waals surface area contributed by atoms with Crippen LogP contribution in [0.15, 0.2) is 48.5 Å². The molecular formula is C67H113N23O18S2. The lowest BCUT2D eigenvalue weighted by atomic mass is 9.99. The van der Waals surface area contributed by atoms with Crippen LogP contribution in [0.25, 0.3) is 0 Å². The van der Waals surface area contributed by atoms with Gasteiger partial charge in [0.15, 0.2) is 5.96 Å². The number of rotatable bonds is 53. The van der Waals surface area contributed by atoms with Crippen LogP contribution in [-0.2, 0) is 80.0 Å². The molecule has 0 saturated carbocycles. The number of aliphatic hydroxyl groups excluding tert-OH is 1. The molecule has 2 rings (SSSR count). The number of carboxylic acids is 1. The number of primary amides is 1. The second-order valence-electron chi connectivity index (χ2n) is 26.5. The van der Waals surface area contributed by atoms with Gasteiger partial charge in [-0.05, 0) is 166 Å². The quantitative estimate of drug-likeness (QED) is 0.0127. The van der Waals surface area contributed by atoms with E-state index in [1.165, 1.54) is 62.4 Å². The number of unbranched alkanes of at least 4 members (excludes halogenated alkanes) is 1. The predicted molar refractivity (Wildman–Crippen MR) is 410 cm³/mol. The Hall–Kier alpha value is -9.73. The van der Waals surface area contributed by atoms with Crippen molar-refractivity contribution >= 4 is 114 Å². The zero-order valence-corrected chi connectivity index (χ0v) is 63.6. The smallest absolute Gasteiger partial charge is 0.326 e. The Labute approximate surface area is 647 Å². The van der Waals surface area contributed by atoms with Gasteiger partial charge in [-0.2, -0.15) is 25.3 Å². The standard InChI is InChI=1S/C67H113N23O18S2/c1-34(91)51(63(105)84-44(21-27-72)58(100)79-40(8-4-5-23-68)56(98)88-49(33-109)62(104)83-43(20-26-71)57(99)80-41(9-6-24-69)55(97)87-48(65(107)108)31-36-13-17-38(93)18-14-36)89-59(101)45(22-28-73)82-54(96)42(10-7-29-78-66(76)77)81-60(102)47(32-50(75)94)86-64(106)52(67(2,3)110)90-61(103)46(85-53(95)39(74)19-25-70)30-35-11-15-37(92)16-12-35/h11-18,34,39-49,51-52,91-93,109-110H,4-10,19-33,68-74H2,1-3H3,(H2,75,94)(H,79,100)(H,80,99)(H,81,102)(H,82,96)(H,83,104)(H,84,105)(H,85,95)(H,86,106)(H,87,97)(H,88,98)(H,89,101)(H,90,103)(H,107,108)(H4,76,77,78)/t34-,39+,40+,41+,42+,43+,44-,45+,46+,47+,48+,49+,51+,52-/m1/s1. The van der Waals surface area contributed by atoms with Gasteiger partial charge in [0.1, 0.15) is 84.0 Å². The van der Waals surface area contributed by atoms with E-state index in [2.05, 4.69) is 94.4 Å². The fraction of sp³-hybridized carbons (Fsp3) is 0.597. The Kier molecular flexibility index (Phi) is 43.9. The van der Waals surface area contributed by atoms with Crippen LogP contribution >= 0.6 is 25.3 Å². The number of thiol groups is 2. The number of benzene rings is 2. The van der Waals surface area contributed by atoms with Crippen molar-refractivity contribution in [1.82, 2.24) is 69.1 Å². The average Bonchev–Trinajstić information content (AvgIpc) is 0.831. The van der Waals surface area contributed by atoms with Gasteiger partial charge in [0.25, 0.3) is 0 Å². The number of nitrogens with one attached hydrogen (secondary N) is 14. The number of hydrogen-bond donors (Lipinski definition) is 29. The summed E-state index contributed by atoms with van der Waals surface area (Å²) in [6.07, 6.45) is -3.62. The SMILES string of the molecule is C[C@@H](O)[C@H](NC(=O)[C@H](CCN)NC(=O)[C@H](CCCNC(=N)N)NC(=O)[C@H](CC(N)=O)NC(=O)[C@@H](NC(=O)[C@H](Cc1ccc(O)cc1)NC(=O)[C@@H](N)CCN)C(C)(C)S)C(=O)N[C@H](CCN)C(=O)N[C@@H](CCCCN)C(=O)N[C@@H](CS)C(=O)N[C@@H](CCN)C(=O)N[C@@H](CCCN)C(=O)N[C@@H](Cc1ccc(O)cc1)C(=O)O. The summed E-state index contributed by atoms with van der Waals surface area (Å²) in [6, 6.07) is -8.94. The number of aromatic hydroxyl groups is 2. The fourth-order valence-electron chi connectivity index (χ4n) is 10.7. The van der Waals surface area contributed by atoms with E-state index in [9.17, 15) is 87.5 Å². The van der Waals surface area contributed by atoms with Crippen molar-refractivity contribution < 1.29 is 87.5 Å². The highest BCUT2D eigenvalue weighted by molar-refractivity contribution is 7.81. The molecule has 36 N–H and O–H groups in total. The number of phenols is 2. The normalized spacial score (nSPS) is 15.1. The Bertz CT molecular complexity index is 3380. The molecule has 110 heavy (non-hydrogen) atoms. The van der Waals surface area contributed by atoms with Crippen LogP contribution in [0.4, 0.5) is 0 Å². The molecule has 0 radical (unpaired) electrons. The third kappa shape index (κ3) is 35.3. The van der Waals surface area contributed by atoms with E-state index in [0.29, 0.717) is 17.5 Å². The predicted octanol–water partition coefficient (Wildman–Crippen LogP) is -9.47. The summed E-state index contributed by atoms with van der Waals surface area (Å²) in [6.45, 7) is 3.38. The van der Waals surface area contributed by atoms with E-state index in [-0.39, 0.29) is 134 Å². The number of amides is 13. The molecule has 2 aromatic carbocycles. The number of aliphatic carboxylic acids is 1. The second-order valence-corrected chi connectivity index (χ2v) is 28.0. The van der Waals surface area contributed by atoms with Crippen molar-refractivity contribution in [2.75, 3.05) is 51.6 Å². The lowest BCUT2D eigenvalue weighted by Gasteiger charge is -2.32. The molecule has 41 nitrogen and oxygen atoms in total. The largest absolute Gasteiger partial charge is 0.508 e. The first-order valence-electron chi connectivity index (χ1n) is 35.7. The van der Waals surface area contributed by atoms with E-state index in [0.717, 1.165) is 6.92 Å². The van der Waals surface area contributed by atoms with Gasteiger partial charge in [-0.3, -0.25) is 67.7 Å². The summed E-state index contributed by atoms with van der Waals surface area (Å²) < 4.78 is -1.47. The monoisotopic (exact) mass is 1590 g/mol. The number of guanidine groups is 1. The van der Waals surface area contributed by atoms with Crippen LogP contribution in [0.3, 0.4) is 0 Å². The summed E-state index contributed by atoms with van der Waals surface area (Å²) in [4.78, 5) is 193. The number of nitrogens with two attached hydrogens (primary N) is 9. The van der Waals surface area contributed by atoms with Crippen molar-refractivity contribution in [3.05, 3.63) is 59.7 Å². The average molecular weight is 1590 g/mol. The van der Waals surface area contributed by atoms with Gasteiger partial charge >= 0.3 is 5.97 Å². The minimum absolute atomic E-state index is 0.0263. The van der Waals surface area contributed by atoms with Crippen LogP contribution in [0, 0.1) is 5.41 Å². The van der Waals surface area contributed by atoms with Crippen LogP contribution in [-0.4, -0.2) is 250 Å². The third-order valence-corrected chi connectivity index (χ3v) is 17.4. The van der Waals surface area contributed by atoms with E-state index in [4.69, 9.17) is 57.0 Å². The first-order valence-corrected chi connectivity index (χ1v) is 36.7. The van der Waals surface area contributed by atoms with Gasteiger partial charge < -0.3 is 141 Å². The topological polar surface area (TPSA) is 734 Å². The highest BCUT2D eigenvalue weighted by Gasteiger charge is 2.41. The number of hydrogen-bond acceptors (Lipinski definition) is 27. The maximum absolute atomic E-state index is 14.4. The van der Waals surface area contributed by atoms with E-state index in [1.807, 2.05) is 0 Å². The molecule has 0 aliphatic heterocycles. The molecular weight excluding hydrogens is 1480 g/mol. The van der Waals surface area contributed by atoms with Gasteiger partial charge in [-0.1, -0.05) is 24.3 Å². The van der Waals surface area contributed by atoms with Gasteiger partial charge in [0.2, 0.25) is 76.8 Å². The third-order valence-electron chi connectivity index (χ3n) is 16.8. The molecule has 0 fully saturated rings. The number of aliphatic hydroxyl groups is 1.